The highest BCUT2D eigenvalue weighted by atomic mass is 16.6. The molecular formula is C30H35N3O6. The smallest absolute Gasteiger partial charge is 0.407 e. The largest absolute Gasteiger partial charge is 0.489 e. The summed E-state index contributed by atoms with van der Waals surface area (Å²) in [6.45, 7) is 7.54. The molecule has 1 heterocycles. The minimum absolute atomic E-state index is 0.343. The van der Waals surface area contributed by atoms with Crippen LogP contribution in [0.4, 0.5) is 4.79 Å². The zero-order valence-electron chi connectivity index (χ0n) is 22.7. The van der Waals surface area contributed by atoms with E-state index in [1.807, 2.05) is 37.3 Å². The molecule has 0 bridgehead atoms. The number of carboxylic acid groups (broad SMARTS) is 1. The number of alkyl carbamates (subject to hydrolysis) is 1. The fourth-order valence-electron chi connectivity index (χ4n) is 4.91. The predicted molar refractivity (Wildman–Crippen MR) is 147 cm³/mol. The Balaban J connectivity index is 1.43. The highest BCUT2D eigenvalue weighted by Crippen LogP contribution is 2.27. The number of amides is 2. The molecule has 2 amide bonds. The van der Waals surface area contributed by atoms with Crippen molar-refractivity contribution in [2.24, 2.45) is 5.92 Å². The van der Waals surface area contributed by atoms with E-state index in [0.717, 1.165) is 22.2 Å². The topological polar surface area (TPSA) is 127 Å². The second kappa shape index (κ2) is 11.7. The second-order valence-electron chi connectivity index (χ2n) is 10.9. The average Bonchev–Trinajstić information content (AvgIpc) is 2.87. The van der Waals surface area contributed by atoms with E-state index >= 15 is 0 Å². The van der Waals surface area contributed by atoms with Crippen molar-refractivity contribution in [3.05, 3.63) is 71.4 Å². The van der Waals surface area contributed by atoms with Gasteiger partial charge in [-0.1, -0.05) is 24.6 Å². The van der Waals surface area contributed by atoms with Crippen molar-refractivity contribution in [3.63, 3.8) is 0 Å². The van der Waals surface area contributed by atoms with Crippen LogP contribution in [-0.2, 0) is 16.1 Å². The van der Waals surface area contributed by atoms with Crippen LogP contribution in [0.2, 0.25) is 0 Å². The van der Waals surface area contributed by atoms with E-state index in [0.29, 0.717) is 37.2 Å². The monoisotopic (exact) mass is 533 g/mol. The van der Waals surface area contributed by atoms with Crippen LogP contribution in [0, 0.1) is 12.8 Å². The summed E-state index contributed by atoms with van der Waals surface area (Å²) in [7, 11) is 0. The van der Waals surface area contributed by atoms with Gasteiger partial charge in [0.05, 0.1) is 23.5 Å². The standard InChI is InChI=1S/C30H35N3O6/c1-18-16-20(22-8-5-6-10-24(22)31-18)17-38-21-14-12-19(13-15-21)27(34)33-26-23(28(35)36)9-7-11-25(26)32-29(37)39-30(2,3)4/h5-6,8,10,12-16,23,25-26H,7,9,11,17H2,1-4H3,(H,32,37)(H,33,34)(H,35,36)/t23-,25-,26?/m0/s1. The van der Waals surface area contributed by atoms with Gasteiger partial charge in [-0.25, -0.2) is 4.79 Å². The molecule has 39 heavy (non-hydrogen) atoms. The third kappa shape index (κ3) is 7.25. The highest BCUT2D eigenvalue weighted by molar-refractivity contribution is 5.95. The first-order chi connectivity index (χ1) is 18.5. The number of carbonyl (C=O) groups is 3. The van der Waals surface area contributed by atoms with E-state index in [1.165, 1.54) is 0 Å². The summed E-state index contributed by atoms with van der Waals surface area (Å²) in [5.74, 6) is -1.68. The maximum absolute atomic E-state index is 13.1. The van der Waals surface area contributed by atoms with Crippen molar-refractivity contribution < 1.29 is 29.0 Å². The molecular weight excluding hydrogens is 498 g/mol. The molecule has 1 aromatic heterocycles. The number of aliphatic carboxylic acids is 1. The van der Waals surface area contributed by atoms with Crippen molar-refractivity contribution in [2.75, 3.05) is 0 Å². The van der Waals surface area contributed by atoms with Crippen LogP contribution in [0.25, 0.3) is 10.9 Å². The van der Waals surface area contributed by atoms with E-state index in [1.54, 1.807) is 45.0 Å². The van der Waals surface area contributed by atoms with Crippen LogP contribution < -0.4 is 15.4 Å². The van der Waals surface area contributed by atoms with E-state index in [2.05, 4.69) is 15.6 Å². The summed E-state index contributed by atoms with van der Waals surface area (Å²) < 4.78 is 11.3. The Labute approximate surface area is 227 Å². The van der Waals surface area contributed by atoms with Gasteiger partial charge in [0.1, 0.15) is 18.0 Å². The molecule has 3 N–H and O–H groups in total. The van der Waals surface area contributed by atoms with Gasteiger partial charge in [-0.2, -0.15) is 0 Å². The number of aryl methyl sites for hydroxylation is 1. The predicted octanol–water partition coefficient (Wildman–Crippen LogP) is 5.00. The van der Waals surface area contributed by atoms with Gasteiger partial charge >= 0.3 is 12.1 Å². The number of rotatable bonds is 7. The quantitative estimate of drug-likeness (QED) is 0.390. The van der Waals surface area contributed by atoms with Gasteiger partial charge in [0, 0.05) is 22.2 Å². The summed E-state index contributed by atoms with van der Waals surface area (Å²) in [6, 6.07) is 15.2. The number of nitrogens with zero attached hydrogens (tertiary/aromatic N) is 1. The van der Waals surface area contributed by atoms with Gasteiger partial charge in [0.2, 0.25) is 0 Å². The number of fused-ring (bicyclic) bond motifs is 1. The van der Waals surface area contributed by atoms with Crippen LogP contribution in [0.1, 0.15) is 61.6 Å². The summed E-state index contributed by atoms with van der Waals surface area (Å²) in [5, 5.41) is 16.4. The molecule has 4 rings (SSSR count). The lowest BCUT2D eigenvalue weighted by Gasteiger charge is -2.37. The van der Waals surface area contributed by atoms with Crippen LogP contribution in [0.3, 0.4) is 0 Å². The molecule has 1 saturated carbocycles. The van der Waals surface area contributed by atoms with Gasteiger partial charge in [-0.05, 0) is 76.9 Å². The SMILES string of the molecule is Cc1cc(COc2ccc(C(=O)NC3[C@@H](NC(=O)OC(C)(C)C)CCC[C@@H]3C(=O)O)cc2)c2ccccc2n1. The Hall–Kier alpha value is -4.14. The number of carboxylic acids is 1. The third-order valence-electron chi connectivity index (χ3n) is 6.66. The van der Waals surface area contributed by atoms with Crippen molar-refractivity contribution >= 4 is 28.9 Å². The van der Waals surface area contributed by atoms with Crippen LogP contribution in [0.15, 0.2) is 54.6 Å². The Kier molecular flexibility index (Phi) is 8.38. The summed E-state index contributed by atoms with van der Waals surface area (Å²) in [5.41, 5.74) is 2.49. The molecule has 3 atom stereocenters. The first kappa shape index (κ1) is 27.9. The molecule has 9 nitrogen and oxygen atoms in total. The highest BCUT2D eigenvalue weighted by Gasteiger charge is 2.40. The third-order valence-corrected chi connectivity index (χ3v) is 6.66. The molecule has 1 unspecified atom stereocenters. The Bertz CT molecular complexity index is 1350. The number of nitrogens with one attached hydrogen (secondary N) is 2. The Morgan fingerprint density at radius 2 is 1.74 bits per heavy atom. The number of aromatic nitrogens is 1. The van der Waals surface area contributed by atoms with Gasteiger partial charge in [-0.15, -0.1) is 0 Å². The molecule has 1 aliphatic rings. The van der Waals surface area contributed by atoms with E-state index in [4.69, 9.17) is 9.47 Å². The Morgan fingerprint density at radius 3 is 2.44 bits per heavy atom. The first-order valence-electron chi connectivity index (χ1n) is 13.1. The van der Waals surface area contributed by atoms with Crippen molar-refractivity contribution in [1.29, 1.82) is 0 Å². The molecule has 206 valence electrons. The first-order valence-corrected chi connectivity index (χ1v) is 13.1. The molecule has 0 spiro atoms. The summed E-state index contributed by atoms with van der Waals surface area (Å²) >= 11 is 0. The van der Waals surface area contributed by atoms with Crippen molar-refractivity contribution in [1.82, 2.24) is 15.6 Å². The molecule has 2 aromatic carbocycles. The number of ether oxygens (including phenoxy) is 2. The molecule has 3 aromatic rings. The maximum atomic E-state index is 13.1. The fourth-order valence-corrected chi connectivity index (χ4v) is 4.91. The summed E-state index contributed by atoms with van der Waals surface area (Å²) in [6.07, 6.45) is 0.908. The van der Waals surface area contributed by atoms with Crippen LogP contribution in [-0.4, -0.2) is 45.7 Å². The second-order valence-corrected chi connectivity index (χ2v) is 10.9. The van der Waals surface area contributed by atoms with Gasteiger partial charge in [-0.3, -0.25) is 14.6 Å². The lowest BCUT2D eigenvalue weighted by Crippen LogP contribution is -2.59. The molecule has 9 heteroatoms. The molecule has 1 fully saturated rings. The number of hydrogen-bond acceptors (Lipinski definition) is 6. The minimum Gasteiger partial charge on any atom is -0.489 e. The normalized spacial score (nSPS) is 19.2. The zero-order valence-corrected chi connectivity index (χ0v) is 22.7. The lowest BCUT2D eigenvalue weighted by molar-refractivity contribution is -0.144. The molecule has 0 aliphatic heterocycles. The average molecular weight is 534 g/mol. The van der Waals surface area contributed by atoms with Gasteiger partial charge in [0.15, 0.2) is 0 Å². The number of carbonyl (C=O) groups excluding carboxylic acids is 2. The van der Waals surface area contributed by atoms with E-state index in [9.17, 15) is 19.5 Å². The van der Waals surface area contributed by atoms with Crippen LogP contribution in [0.5, 0.6) is 5.75 Å². The molecule has 0 radical (unpaired) electrons. The fraction of sp³-hybridized carbons (Fsp3) is 0.400. The number of pyridine rings is 1. The van der Waals surface area contributed by atoms with Crippen molar-refractivity contribution in [2.45, 2.75) is 71.2 Å². The lowest BCUT2D eigenvalue weighted by atomic mass is 9.80. The number of benzene rings is 2. The zero-order chi connectivity index (χ0) is 28.2. The number of para-hydroxylation sites is 1. The molecule has 1 aliphatic carbocycles. The minimum atomic E-state index is -1.02. The maximum Gasteiger partial charge on any atom is 0.407 e. The van der Waals surface area contributed by atoms with E-state index < -0.39 is 41.6 Å². The number of hydrogen-bond donors (Lipinski definition) is 3. The van der Waals surface area contributed by atoms with Crippen LogP contribution >= 0.6 is 0 Å². The van der Waals surface area contributed by atoms with Gasteiger partial charge < -0.3 is 25.2 Å². The van der Waals surface area contributed by atoms with Gasteiger partial charge in [0.25, 0.3) is 5.91 Å². The Morgan fingerprint density at radius 1 is 1.03 bits per heavy atom. The van der Waals surface area contributed by atoms with Crippen molar-refractivity contribution in [3.8, 4) is 5.75 Å². The van der Waals surface area contributed by atoms with E-state index in [-0.39, 0.29) is 0 Å². The summed E-state index contributed by atoms with van der Waals surface area (Å²) in [4.78, 5) is 42.0. The molecule has 0 saturated heterocycles.